The van der Waals surface area contributed by atoms with E-state index in [0.717, 1.165) is 12.1 Å². The minimum absolute atomic E-state index is 0.0850. The molecule has 0 radical (unpaired) electrons. The summed E-state index contributed by atoms with van der Waals surface area (Å²) in [5.41, 5.74) is 0.539. The van der Waals surface area contributed by atoms with Crippen molar-refractivity contribution < 1.29 is 27.6 Å². The molecule has 1 N–H and O–H groups in total. The Morgan fingerprint density at radius 2 is 1.86 bits per heavy atom. The molecule has 0 saturated heterocycles. The van der Waals surface area contributed by atoms with Crippen LogP contribution in [0.5, 0.6) is 17.4 Å². The van der Waals surface area contributed by atoms with Gasteiger partial charge in [-0.05, 0) is 30.3 Å². The van der Waals surface area contributed by atoms with Gasteiger partial charge in [-0.1, -0.05) is 12.1 Å². The van der Waals surface area contributed by atoms with Gasteiger partial charge in [-0.3, -0.25) is 10.1 Å². The van der Waals surface area contributed by atoms with Gasteiger partial charge in [0.15, 0.2) is 16.4 Å². The highest BCUT2D eigenvalue weighted by molar-refractivity contribution is 7.89. The number of benzene rings is 2. The number of hydrogen-bond donors (Lipinski definition) is 1. The number of nitrogens with one attached hydrogen (secondary N) is 1. The Kier molecular flexibility index (Phi) is 6.75. The number of rotatable bonds is 10. The summed E-state index contributed by atoms with van der Waals surface area (Å²) in [6.45, 7) is -0.231. The largest absolute Gasteiger partial charge is 0.497 e. The molecule has 14 heteroatoms. The molecule has 0 atom stereocenters. The molecule has 2 aromatic carbocycles. The van der Waals surface area contributed by atoms with E-state index >= 15 is 0 Å². The first-order valence-electron chi connectivity index (χ1n) is 10.1. The van der Waals surface area contributed by atoms with E-state index in [2.05, 4.69) is 20.0 Å². The number of nitro groups is 1. The second-order valence-electron chi connectivity index (χ2n) is 7.00. The molecule has 0 aliphatic heterocycles. The molecular formula is C21H20N6O7S. The molecule has 2 aromatic heterocycles. The van der Waals surface area contributed by atoms with Crippen molar-refractivity contribution in [2.75, 3.05) is 27.4 Å². The van der Waals surface area contributed by atoms with Crippen LogP contribution in [0.3, 0.4) is 0 Å². The number of ether oxygens (including phenoxy) is 3. The Labute approximate surface area is 199 Å². The van der Waals surface area contributed by atoms with Gasteiger partial charge in [0.1, 0.15) is 18.1 Å². The lowest BCUT2D eigenvalue weighted by Gasteiger charge is -2.10. The topological polar surface area (TPSA) is 160 Å². The van der Waals surface area contributed by atoms with Gasteiger partial charge in [0, 0.05) is 18.7 Å². The first-order valence-corrected chi connectivity index (χ1v) is 11.6. The van der Waals surface area contributed by atoms with Gasteiger partial charge in [-0.15, -0.1) is 15.3 Å². The van der Waals surface area contributed by atoms with Crippen molar-refractivity contribution in [2.24, 2.45) is 0 Å². The van der Waals surface area contributed by atoms with E-state index in [1.165, 1.54) is 23.8 Å². The maximum atomic E-state index is 12.5. The molecule has 0 saturated carbocycles. The van der Waals surface area contributed by atoms with Gasteiger partial charge in [-0.2, -0.15) is 4.52 Å². The Hall–Kier alpha value is -4.30. The highest BCUT2D eigenvalue weighted by atomic mass is 32.2. The zero-order valence-electron chi connectivity index (χ0n) is 18.6. The van der Waals surface area contributed by atoms with E-state index in [1.54, 1.807) is 37.4 Å². The van der Waals surface area contributed by atoms with Gasteiger partial charge in [0.05, 0.1) is 24.7 Å². The number of fused-ring (bicyclic) bond motifs is 1. The Balaban J connectivity index is 1.50. The van der Waals surface area contributed by atoms with Crippen LogP contribution in [0, 0.1) is 10.1 Å². The van der Waals surface area contributed by atoms with Crippen LogP contribution >= 0.6 is 0 Å². The Morgan fingerprint density at radius 3 is 2.60 bits per heavy atom. The first kappa shape index (κ1) is 23.8. The Morgan fingerprint density at radius 1 is 1.06 bits per heavy atom. The van der Waals surface area contributed by atoms with Gasteiger partial charge < -0.3 is 14.2 Å². The number of methoxy groups -OCH3 is 2. The molecule has 0 fully saturated rings. The maximum Gasteiger partial charge on any atom is 0.289 e. The van der Waals surface area contributed by atoms with E-state index in [4.69, 9.17) is 14.2 Å². The van der Waals surface area contributed by atoms with Crippen molar-refractivity contribution >= 4 is 21.4 Å². The van der Waals surface area contributed by atoms with Crippen LogP contribution in [0.4, 0.5) is 5.69 Å². The van der Waals surface area contributed by atoms with Crippen molar-refractivity contribution in [3.05, 3.63) is 64.7 Å². The summed E-state index contributed by atoms with van der Waals surface area (Å²) in [7, 11) is -1.04. The minimum atomic E-state index is -4.12. The molecule has 0 unspecified atom stereocenters. The van der Waals surface area contributed by atoms with Crippen molar-refractivity contribution in [2.45, 2.75) is 4.90 Å². The minimum Gasteiger partial charge on any atom is -0.497 e. The number of aromatic nitrogens is 4. The number of hydrogen-bond acceptors (Lipinski definition) is 10. The SMILES string of the molecule is COc1ccc(OC)c(-c2nnc3ccc(OCCNS(=O)(=O)c4ccccc4[N+](=O)[O-])nn23)c1. The van der Waals surface area contributed by atoms with Gasteiger partial charge >= 0.3 is 0 Å². The van der Waals surface area contributed by atoms with E-state index in [0.29, 0.717) is 28.5 Å². The van der Waals surface area contributed by atoms with Crippen LogP contribution in [0.15, 0.2) is 59.5 Å². The monoisotopic (exact) mass is 500 g/mol. The van der Waals surface area contributed by atoms with Crippen LogP contribution in [0.2, 0.25) is 0 Å². The fraction of sp³-hybridized carbons (Fsp3) is 0.190. The van der Waals surface area contributed by atoms with Gasteiger partial charge in [0.25, 0.3) is 5.69 Å². The summed E-state index contributed by atoms with van der Waals surface area (Å²) in [6.07, 6.45) is 0. The van der Waals surface area contributed by atoms with E-state index in [9.17, 15) is 18.5 Å². The zero-order valence-corrected chi connectivity index (χ0v) is 19.4. The molecule has 35 heavy (non-hydrogen) atoms. The smallest absolute Gasteiger partial charge is 0.289 e. The van der Waals surface area contributed by atoms with Crippen molar-refractivity contribution in [3.8, 4) is 28.8 Å². The molecule has 0 amide bonds. The third-order valence-corrected chi connectivity index (χ3v) is 6.39. The summed E-state index contributed by atoms with van der Waals surface area (Å²) in [4.78, 5) is 9.95. The van der Waals surface area contributed by atoms with E-state index in [-0.39, 0.29) is 19.0 Å². The molecule has 2 heterocycles. The number of nitro benzene ring substituents is 1. The molecule has 182 valence electrons. The molecule has 13 nitrogen and oxygen atoms in total. The van der Waals surface area contributed by atoms with Crippen LogP contribution in [0.1, 0.15) is 0 Å². The van der Waals surface area contributed by atoms with Gasteiger partial charge in [-0.25, -0.2) is 13.1 Å². The molecule has 4 rings (SSSR count). The lowest BCUT2D eigenvalue weighted by atomic mass is 10.2. The van der Waals surface area contributed by atoms with Crippen LogP contribution in [-0.2, 0) is 10.0 Å². The number of nitrogens with zero attached hydrogens (tertiary/aromatic N) is 5. The summed E-state index contributed by atoms with van der Waals surface area (Å²) in [5.74, 6) is 1.71. The summed E-state index contributed by atoms with van der Waals surface area (Å²) < 4.78 is 45.0. The highest BCUT2D eigenvalue weighted by Gasteiger charge is 2.24. The van der Waals surface area contributed by atoms with Crippen LogP contribution in [0.25, 0.3) is 17.0 Å². The second kappa shape index (κ2) is 9.90. The fourth-order valence-corrected chi connectivity index (χ4v) is 4.43. The lowest BCUT2D eigenvalue weighted by molar-refractivity contribution is -0.387. The lowest BCUT2D eigenvalue weighted by Crippen LogP contribution is -2.29. The first-order chi connectivity index (χ1) is 16.8. The van der Waals surface area contributed by atoms with Crippen LogP contribution in [-0.4, -0.2) is 60.5 Å². The van der Waals surface area contributed by atoms with E-state index < -0.39 is 25.5 Å². The highest BCUT2D eigenvalue weighted by Crippen LogP contribution is 2.32. The quantitative estimate of drug-likeness (QED) is 0.194. The number of para-hydroxylation sites is 1. The predicted molar refractivity (Wildman–Crippen MR) is 123 cm³/mol. The third-order valence-electron chi connectivity index (χ3n) is 4.88. The molecule has 0 bridgehead atoms. The van der Waals surface area contributed by atoms with Crippen molar-refractivity contribution in [3.63, 3.8) is 0 Å². The summed E-state index contributed by atoms with van der Waals surface area (Å²) in [5, 5.41) is 23.8. The normalized spacial score (nSPS) is 11.4. The van der Waals surface area contributed by atoms with Crippen molar-refractivity contribution in [1.29, 1.82) is 0 Å². The molecule has 0 aliphatic carbocycles. The predicted octanol–water partition coefficient (Wildman–Crippen LogP) is 2.07. The van der Waals surface area contributed by atoms with E-state index in [1.807, 2.05) is 0 Å². The molecular weight excluding hydrogens is 480 g/mol. The second-order valence-corrected chi connectivity index (χ2v) is 8.74. The fourth-order valence-electron chi connectivity index (χ4n) is 3.25. The summed E-state index contributed by atoms with van der Waals surface area (Å²) in [6, 6.07) is 13.5. The Bertz CT molecular complexity index is 1490. The van der Waals surface area contributed by atoms with Crippen molar-refractivity contribution in [1.82, 2.24) is 24.5 Å². The average Bonchev–Trinajstić information content (AvgIpc) is 3.29. The zero-order chi connectivity index (χ0) is 25.0. The van der Waals surface area contributed by atoms with Gasteiger partial charge in [0.2, 0.25) is 15.9 Å². The molecule has 4 aromatic rings. The maximum absolute atomic E-state index is 12.5. The molecule has 0 spiro atoms. The number of sulfonamides is 1. The third kappa shape index (κ3) is 4.97. The standard InChI is InChI=1S/C21H20N6O7S/c1-32-14-7-8-17(33-2)15(13-14)21-24-23-19-9-10-20(25-26(19)21)34-12-11-22-35(30,31)18-6-4-3-5-16(18)27(28)29/h3-10,13,22H,11-12H2,1-2H3. The average molecular weight is 500 g/mol. The molecule has 0 aliphatic rings. The van der Waals surface area contributed by atoms with Crippen LogP contribution < -0.4 is 18.9 Å². The summed E-state index contributed by atoms with van der Waals surface area (Å²) >= 11 is 0.